The Hall–Kier alpha value is -1.33. The van der Waals surface area contributed by atoms with Gasteiger partial charge in [-0.15, -0.1) is 0 Å². The van der Waals surface area contributed by atoms with Gasteiger partial charge in [0.05, 0.1) is 11.6 Å². The van der Waals surface area contributed by atoms with E-state index in [1.807, 2.05) is 24.3 Å². The first-order valence-corrected chi connectivity index (χ1v) is 5.87. The van der Waals surface area contributed by atoms with Gasteiger partial charge in [-0.1, -0.05) is 31.5 Å². The largest absolute Gasteiger partial charge is 0.299 e. The molecular formula is C14H20N2. The molecule has 0 fully saturated rings. The van der Waals surface area contributed by atoms with Gasteiger partial charge in [0, 0.05) is 12.6 Å². The van der Waals surface area contributed by atoms with Crippen LogP contribution in [0.3, 0.4) is 0 Å². The van der Waals surface area contributed by atoms with Crippen molar-refractivity contribution in [1.29, 1.82) is 5.26 Å². The predicted octanol–water partition coefficient (Wildman–Crippen LogP) is 3.18. The van der Waals surface area contributed by atoms with Gasteiger partial charge >= 0.3 is 0 Å². The third-order valence-electron chi connectivity index (χ3n) is 3.02. The van der Waals surface area contributed by atoms with Crippen LogP contribution in [0.25, 0.3) is 0 Å². The average molecular weight is 216 g/mol. The number of hydrogen-bond donors (Lipinski definition) is 0. The second-order valence-electron chi connectivity index (χ2n) is 4.32. The van der Waals surface area contributed by atoms with E-state index in [4.69, 9.17) is 5.26 Å². The van der Waals surface area contributed by atoms with Crippen molar-refractivity contribution in [3.8, 4) is 6.07 Å². The van der Waals surface area contributed by atoms with Crippen LogP contribution < -0.4 is 0 Å². The van der Waals surface area contributed by atoms with Crippen LogP contribution in [0.15, 0.2) is 24.3 Å². The van der Waals surface area contributed by atoms with E-state index >= 15 is 0 Å². The smallest absolute Gasteiger partial charge is 0.0995 e. The number of rotatable bonds is 5. The molecule has 1 rings (SSSR count). The van der Waals surface area contributed by atoms with Gasteiger partial charge in [0.1, 0.15) is 0 Å². The van der Waals surface area contributed by atoms with Crippen LogP contribution in [-0.4, -0.2) is 18.0 Å². The molecule has 0 saturated heterocycles. The fourth-order valence-corrected chi connectivity index (χ4v) is 1.83. The molecule has 0 spiro atoms. The summed E-state index contributed by atoms with van der Waals surface area (Å²) in [4.78, 5) is 2.31. The summed E-state index contributed by atoms with van der Waals surface area (Å²) in [5.74, 6) is 0. The third kappa shape index (κ3) is 3.36. The SMILES string of the molecule is CCCC(C)N(C)Cc1ccccc1C#N. The molecule has 0 bridgehead atoms. The number of nitrogens with zero attached hydrogens (tertiary/aromatic N) is 2. The first kappa shape index (κ1) is 12.7. The Morgan fingerprint density at radius 2 is 2.06 bits per heavy atom. The maximum absolute atomic E-state index is 9.00. The molecule has 16 heavy (non-hydrogen) atoms. The number of nitriles is 1. The summed E-state index contributed by atoms with van der Waals surface area (Å²) in [5.41, 5.74) is 1.91. The van der Waals surface area contributed by atoms with E-state index in [0.29, 0.717) is 6.04 Å². The number of hydrogen-bond acceptors (Lipinski definition) is 2. The van der Waals surface area contributed by atoms with Gasteiger partial charge in [-0.2, -0.15) is 5.26 Å². The summed E-state index contributed by atoms with van der Waals surface area (Å²) in [6.45, 7) is 5.29. The lowest BCUT2D eigenvalue weighted by molar-refractivity contribution is 0.236. The molecule has 1 aromatic rings. The minimum Gasteiger partial charge on any atom is -0.299 e. The summed E-state index contributed by atoms with van der Waals surface area (Å²) < 4.78 is 0. The highest BCUT2D eigenvalue weighted by atomic mass is 15.1. The van der Waals surface area contributed by atoms with E-state index in [-0.39, 0.29) is 0 Å². The maximum Gasteiger partial charge on any atom is 0.0995 e. The topological polar surface area (TPSA) is 27.0 Å². The number of benzene rings is 1. The van der Waals surface area contributed by atoms with Crippen LogP contribution in [0.1, 0.15) is 37.8 Å². The lowest BCUT2D eigenvalue weighted by atomic mass is 10.1. The van der Waals surface area contributed by atoms with Crippen LogP contribution >= 0.6 is 0 Å². The van der Waals surface area contributed by atoms with E-state index in [1.54, 1.807) is 0 Å². The minimum atomic E-state index is 0.566. The Labute approximate surface area is 98.5 Å². The molecule has 0 aliphatic heterocycles. The molecule has 2 nitrogen and oxygen atoms in total. The van der Waals surface area contributed by atoms with Crippen molar-refractivity contribution < 1.29 is 0 Å². The summed E-state index contributed by atoms with van der Waals surface area (Å²) in [6, 6.07) is 10.6. The lowest BCUT2D eigenvalue weighted by Gasteiger charge is -2.24. The van der Waals surface area contributed by atoms with E-state index in [0.717, 1.165) is 17.7 Å². The molecule has 1 unspecified atom stereocenters. The van der Waals surface area contributed by atoms with Gasteiger partial charge in [0.15, 0.2) is 0 Å². The summed E-state index contributed by atoms with van der Waals surface area (Å²) in [7, 11) is 2.12. The van der Waals surface area contributed by atoms with Crippen molar-refractivity contribution in [1.82, 2.24) is 4.90 Å². The first-order chi connectivity index (χ1) is 7.69. The average Bonchev–Trinajstić information content (AvgIpc) is 2.30. The van der Waals surface area contributed by atoms with E-state index in [1.165, 1.54) is 12.8 Å². The molecule has 0 amide bonds. The monoisotopic (exact) mass is 216 g/mol. The highest BCUT2D eigenvalue weighted by Gasteiger charge is 2.10. The second kappa shape index (κ2) is 6.30. The van der Waals surface area contributed by atoms with Crippen molar-refractivity contribution in [2.24, 2.45) is 0 Å². The van der Waals surface area contributed by atoms with Gasteiger partial charge in [-0.25, -0.2) is 0 Å². The van der Waals surface area contributed by atoms with E-state index < -0.39 is 0 Å². The van der Waals surface area contributed by atoms with E-state index in [2.05, 4.69) is 31.9 Å². The molecule has 1 aromatic carbocycles. The molecular weight excluding hydrogens is 196 g/mol. The summed E-state index contributed by atoms with van der Waals surface area (Å²) in [6.07, 6.45) is 2.40. The molecule has 0 N–H and O–H groups in total. The minimum absolute atomic E-state index is 0.566. The molecule has 86 valence electrons. The lowest BCUT2D eigenvalue weighted by Crippen LogP contribution is -2.28. The van der Waals surface area contributed by atoms with Gasteiger partial charge in [-0.05, 0) is 32.0 Å². The molecule has 0 radical (unpaired) electrons. The fraction of sp³-hybridized carbons (Fsp3) is 0.500. The van der Waals surface area contributed by atoms with Crippen molar-refractivity contribution in [3.05, 3.63) is 35.4 Å². The molecule has 2 heteroatoms. The Bertz CT molecular complexity index is 365. The molecule has 0 aliphatic carbocycles. The Morgan fingerprint density at radius 3 is 2.69 bits per heavy atom. The first-order valence-electron chi connectivity index (χ1n) is 5.87. The van der Waals surface area contributed by atoms with Crippen molar-refractivity contribution >= 4 is 0 Å². The molecule has 0 saturated carbocycles. The quantitative estimate of drug-likeness (QED) is 0.756. The van der Waals surface area contributed by atoms with Crippen molar-refractivity contribution in [2.75, 3.05) is 7.05 Å². The summed E-state index contributed by atoms with van der Waals surface area (Å²) >= 11 is 0. The molecule has 0 aliphatic rings. The van der Waals surface area contributed by atoms with Crippen molar-refractivity contribution in [3.63, 3.8) is 0 Å². The zero-order chi connectivity index (χ0) is 12.0. The van der Waals surface area contributed by atoms with Crippen LogP contribution in [0.2, 0.25) is 0 Å². The van der Waals surface area contributed by atoms with Gasteiger partial charge in [0.25, 0.3) is 0 Å². The van der Waals surface area contributed by atoms with Crippen LogP contribution in [0.5, 0.6) is 0 Å². The zero-order valence-corrected chi connectivity index (χ0v) is 10.4. The van der Waals surface area contributed by atoms with Crippen LogP contribution in [-0.2, 0) is 6.54 Å². The highest BCUT2D eigenvalue weighted by molar-refractivity contribution is 5.37. The van der Waals surface area contributed by atoms with Gasteiger partial charge in [-0.3, -0.25) is 4.90 Å². The Balaban J connectivity index is 2.69. The van der Waals surface area contributed by atoms with Crippen LogP contribution in [0.4, 0.5) is 0 Å². The molecule has 1 atom stereocenters. The highest BCUT2D eigenvalue weighted by Crippen LogP contribution is 2.13. The van der Waals surface area contributed by atoms with Gasteiger partial charge in [0.2, 0.25) is 0 Å². The fourth-order valence-electron chi connectivity index (χ4n) is 1.83. The second-order valence-corrected chi connectivity index (χ2v) is 4.32. The maximum atomic E-state index is 9.00. The van der Waals surface area contributed by atoms with Crippen molar-refractivity contribution in [2.45, 2.75) is 39.3 Å². The Kier molecular flexibility index (Phi) is 5.01. The standard InChI is InChI=1S/C14H20N2/c1-4-7-12(2)16(3)11-14-9-6-5-8-13(14)10-15/h5-6,8-9,12H,4,7,11H2,1-3H3. The zero-order valence-electron chi connectivity index (χ0n) is 10.4. The predicted molar refractivity (Wildman–Crippen MR) is 67.0 cm³/mol. The normalized spacial score (nSPS) is 12.4. The van der Waals surface area contributed by atoms with Gasteiger partial charge < -0.3 is 0 Å². The Morgan fingerprint density at radius 1 is 1.38 bits per heavy atom. The third-order valence-corrected chi connectivity index (χ3v) is 3.02. The van der Waals surface area contributed by atoms with Crippen LogP contribution in [0, 0.1) is 11.3 Å². The molecule has 0 aromatic heterocycles. The molecule has 0 heterocycles. The van der Waals surface area contributed by atoms with E-state index in [9.17, 15) is 0 Å². The summed E-state index contributed by atoms with van der Waals surface area (Å²) in [5, 5.41) is 9.00.